The Bertz CT molecular complexity index is 799. The van der Waals surface area contributed by atoms with E-state index in [9.17, 15) is 4.79 Å². The highest BCUT2D eigenvalue weighted by molar-refractivity contribution is 8.01. The third-order valence-corrected chi connectivity index (χ3v) is 5.27. The topological polar surface area (TPSA) is 50.2 Å². The summed E-state index contributed by atoms with van der Waals surface area (Å²) in [6, 6.07) is 13.6. The Hall–Kier alpha value is -1.56. The van der Waals surface area contributed by atoms with Crippen LogP contribution >= 0.6 is 34.7 Å². The fourth-order valence-electron chi connectivity index (χ4n) is 1.98. The summed E-state index contributed by atoms with van der Waals surface area (Å²) in [4.78, 5) is 15.2. The van der Waals surface area contributed by atoms with E-state index in [1.54, 1.807) is 0 Å². The molecule has 6 heteroatoms. The number of hydrogen-bond donors (Lipinski definition) is 1. The van der Waals surface area contributed by atoms with E-state index in [1.165, 1.54) is 23.1 Å². The van der Waals surface area contributed by atoms with Crippen molar-refractivity contribution in [1.82, 2.24) is 4.98 Å². The molecule has 0 spiro atoms. The van der Waals surface area contributed by atoms with Gasteiger partial charge in [-0.25, -0.2) is 4.98 Å². The first kappa shape index (κ1) is 14.4. The number of thiazole rings is 1. The lowest BCUT2D eigenvalue weighted by molar-refractivity contribution is -0.133. The number of hydrogen-bond acceptors (Lipinski definition) is 4. The van der Waals surface area contributed by atoms with Crippen molar-refractivity contribution in [2.75, 3.05) is 5.75 Å². The SMILES string of the molecule is O=C(O)CSc1nc2c(-c3ccc(Cl)cc3)cccc2s1. The largest absolute Gasteiger partial charge is 0.481 e. The van der Waals surface area contributed by atoms with Crippen LogP contribution in [0.3, 0.4) is 0 Å². The predicted octanol–water partition coefficient (Wildman–Crippen LogP) is 4.79. The lowest BCUT2D eigenvalue weighted by atomic mass is 10.1. The van der Waals surface area contributed by atoms with Gasteiger partial charge in [0.25, 0.3) is 0 Å². The molecule has 1 N–H and O–H groups in total. The van der Waals surface area contributed by atoms with Gasteiger partial charge in [-0.15, -0.1) is 11.3 Å². The number of rotatable bonds is 4. The minimum absolute atomic E-state index is 0.0239. The Kier molecular flexibility index (Phi) is 4.14. The van der Waals surface area contributed by atoms with Gasteiger partial charge in [-0.05, 0) is 23.8 Å². The summed E-state index contributed by atoms with van der Waals surface area (Å²) in [6.45, 7) is 0. The van der Waals surface area contributed by atoms with Crippen molar-refractivity contribution in [2.24, 2.45) is 0 Å². The molecule has 0 amide bonds. The number of aliphatic carboxylic acids is 1. The lowest BCUT2D eigenvalue weighted by Crippen LogP contribution is -1.96. The van der Waals surface area contributed by atoms with Crippen molar-refractivity contribution >= 4 is 50.9 Å². The summed E-state index contributed by atoms with van der Waals surface area (Å²) in [5.41, 5.74) is 2.98. The number of benzene rings is 2. The maximum atomic E-state index is 10.7. The Balaban J connectivity index is 2.03. The minimum Gasteiger partial charge on any atom is -0.481 e. The van der Waals surface area contributed by atoms with Crippen LogP contribution in [0.15, 0.2) is 46.8 Å². The molecule has 21 heavy (non-hydrogen) atoms. The molecule has 0 saturated heterocycles. The number of nitrogens with zero attached hydrogens (tertiary/aromatic N) is 1. The van der Waals surface area contributed by atoms with Crippen LogP contribution in [0.2, 0.25) is 5.02 Å². The maximum absolute atomic E-state index is 10.7. The van der Waals surface area contributed by atoms with Crippen molar-refractivity contribution in [3.05, 3.63) is 47.5 Å². The number of carbonyl (C=O) groups is 1. The molecule has 0 aliphatic heterocycles. The van der Waals surface area contributed by atoms with E-state index in [4.69, 9.17) is 16.7 Å². The number of carboxylic acids is 1. The van der Waals surface area contributed by atoms with E-state index in [0.29, 0.717) is 5.02 Å². The molecule has 0 aliphatic rings. The van der Waals surface area contributed by atoms with Gasteiger partial charge in [0.15, 0.2) is 4.34 Å². The first-order valence-electron chi connectivity index (χ1n) is 6.13. The van der Waals surface area contributed by atoms with E-state index >= 15 is 0 Å². The van der Waals surface area contributed by atoms with Crippen LogP contribution < -0.4 is 0 Å². The minimum atomic E-state index is -0.836. The van der Waals surface area contributed by atoms with Gasteiger partial charge in [0.05, 0.1) is 16.0 Å². The van der Waals surface area contributed by atoms with Crippen molar-refractivity contribution in [3.63, 3.8) is 0 Å². The summed E-state index contributed by atoms with van der Waals surface area (Å²) in [5.74, 6) is -0.812. The van der Waals surface area contributed by atoms with E-state index < -0.39 is 5.97 Å². The highest BCUT2D eigenvalue weighted by Crippen LogP contribution is 2.35. The number of carboxylic acid groups (broad SMARTS) is 1. The molecule has 0 bridgehead atoms. The Morgan fingerprint density at radius 3 is 2.71 bits per heavy atom. The van der Waals surface area contributed by atoms with E-state index in [0.717, 1.165) is 25.7 Å². The first-order valence-corrected chi connectivity index (χ1v) is 8.31. The van der Waals surface area contributed by atoms with E-state index in [-0.39, 0.29) is 5.75 Å². The van der Waals surface area contributed by atoms with Crippen molar-refractivity contribution in [2.45, 2.75) is 4.34 Å². The highest BCUT2D eigenvalue weighted by atomic mass is 35.5. The molecule has 3 nitrogen and oxygen atoms in total. The van der Waals surface area contributed by atoms with Gasteiger partial charge in [0, 0.05) is 10.6 Å². The third-order valence-electron chi connectivity index (χ3n) is 2.87. The molecule has 2 aromatic carbocycles. The summed E-state index contributed by atoms with van der Waals surface area (Å²) < 4.78 is 1.82. The van der Waals surface area contributed by atoms with Gasteiger partial charge in [0.2, 0.25) is 0 Å². The molecule has 106 valence electrons. The standard InChI is InChI=1S/C15H10ClNO2S2/c16-10-6-4-9(5-7-10)11-2-1-3-12-14(11)17-15(21-12)20-8-13(18)19/h1-7H,8H2,(H,18,19). The van der Waals surface area contributed by atoms with Gasteiger partial charge in [0.1, 0.15) is 0 Å². The smallest absolute Gasteiger partial charge is 0.313 e. The fraction of sp³-hybridized carbons (Fsp3) is 0.0667. The van der Waals surface area contributed by atoms with Crippen LogP contribution in [0, 0.1) is 0 Å². The van der Waals surface area contributed by atoms with Crippen LogP contribution in [0.5, 0.6) is 0 Å². The molecule has 0 unspecified atom stereocenters. The van der Waals surface area contributed by atoms with Crippen molar-refractivity contribution in [3.8, 4) is 11.1 Å². The maximum Gasteiger partial charge on any atom is 0.313 e. The van der Waals surface area contributed by atoms with Crippen molar-refractivity contribution < 1.29 is 9.90 Å². The van der Waals surface area contributed by atoms with Crippen LogP contribution in [-0.4, -0.2) is 21.8 Å². The predicted molar refractivity (Wildman–Crippen MR) is 88.4 cm³/mol. The van der Waals surface area contributed by atoms with Gasteiger partial charge < -0.3 is 5.11 Å². The molecule has 1 heterocycles. The van der Waals surface area contributed by atoms with Gasteiger partial charge in [-0.3, -0.25) is 4.79 Å². The number of aromatic nitrogens is 1. The number of para-hydroxylation sites is 1. The second-order valence-electron chi connectivity index (χ2n) is 4.32. The summed E-state index contributed by atoms with van der Waals surface area (Å²) in [5, 5.41) is 9.45. The Labute approximate surface area is 134 Å². The molecule has 0 saturated carbocycles. The molecule has 0 fully saturated rings. The fourth-order valence-corrected chi connectivity index (χ4v) is 3.91. The summed E-state index contributed by atoms with van der Waals surface area (Å²) in [6.07, 6.45) is 0. The molecule has 3 rings (SSSR count). The Morgan fingerprint density at radius 2 is 2.00 bits per heavy atom. The number of fused-ring (bicyclic) bond motifs is 1. The molecular weight excluding hydrogens is 326 g/mol. The molecule has 0 radical (unpaired) electrons. The lowest BCUT2D eigenvalue weighted by Gasteiger charge is -2.02. The van der Waals surface area contributed by atoms with Gasteiger partial charge in [-0.1, -0.05) is 47.6 Å². The zero-order valence-corrected chi connectivity index (χ0v) is 13.1. The Morgan fingerprint density at radius 1 is 1.24 bits per heavy atom. The van der Waals surface area contributed by atoms with Crippen LogP contribution in [0.1, 0.15) is 0 Å². The molecule has 0 atom stereocenters. The second kappa shape index (κ2) is 6.05. The van der Waals surface area contributed by atoms with Crippen LogP contribution in [0.4, 0.5) is 0 Å². The first-order chi connectivity index (χ1) is 10.1. The van der Waals surface area contributed by atoms with Crippen molar-refractivity contribution in [1.29, 1.82) is 0 Å². The molecule has 3 aromatic rings. The number of halogens is 1. The molecule has 0 aliphatic carbocycles. The highest BCUT2D eigenvalue weighted by Gasteiger charge is 2.11. The third kappa shape index (κ3) is 3.20. The summed E-state index contributed by atoms with van der Waals surface area (Å²) >= 11 is 8.68. The average molecular weight is 336 g/mol. The number of thioether (sulfide) groups is 1. The summed E-state index contributed by atoms with van der Waals surface area (Å²) in [7, 11) is 0. The molecular formula is C15H10ClNO2S2. The van der Waals surface area contributed by atoms with Gasteiger partial charge in [-0.2, -0.15) is 0 Å². The molecule has 1 aromatic heterocycles. The second-order valence-corrected chi connectivity index (χ2v) is 7.01. The van der Waals surface area contributed by atoms with E-state index in [1.807, 2.05) is 42.5 Å². The normalized spacial score (nSPS) is 10.9. The van der Waals surface area contributed by atoms with Crippen LogP contribution in [-0.2, 0) is 4.79 Å². The zero-order chi connectivity index (χ0) is 14.8. The van der Waals surface area contributed by atoms with E-state index in [2.05, 4.69) is 4.98 Å². The van der Waals surface area contributed by atoms with Crippen LogP contribution in [0.25, 0.3) is 21.3 Å². The average Bonchev–Trinajstić information content (AvgIpc) is 2.89. The monoisotopic (exact) mass is 335 g/mol. The zero-order valence-electron chi connectivity index (χ0n) is 10.7. The quantitative estimate of drug-likeness (QED) is 0.696. The van der Waals surface area contributed by atoms with Gasteiger partial charge >= 0.3 is 5.97 Å².